The van der Waals surface area contributed by atoms with E-state index in [1.54, 1.807) is 16.8 Å². The van der Waals surface area contributed by atoms with Crippen LogP contribution >= 0.6 is 0 Å². The van der Waals surface area contributed by atoms with Crippen molar-refractivity contribution < 1.29 is 4.39 Å². The van der Waals surface area contributed by atoms with Crippen LogP contribution < -0.4 is 5.56 Å². The second kappa shape index (κ2) is 10.7. The van der Waals surface area contributed by atoms with Gasteiger partial charge < -0.3 is 4.98 Å². The molecule has 2 aromatic heterocycles. The Morgan fingerprint density at radius 3 is 2.53 bits per heavy atom. The van der Waals surface area contributed by atoms with Crippen LogP contribution in [0, 0.1) is 12.7 Å². The lowest BCUT2D eigenvalue weighted by atomic mass is 9.93. The van der Waals surface area contributed by atoms with Crippen LogP contribution in [0.1, 0.15) is 60.7 Å². The predicted octanol–water partition coefficient (Wildman–Crippen LogP) is 4.05. The molecule has 6 rings (SSSR count). The van der Waals surface area contributed by atoms with E-state index in [-0.39, 0.29) is 11.4 Å². The first kappa shape index (κ1) is 24.9. The maximum absolute atomic E-state index is 13.5. The number of hydrogen-bond donors (Lipinski definition) is 1. The Hall–Kier alpha value is -3.43. The summed E-state index contributed by atoms with van der Waals surface area (Å²) in [6.07, 6.45) is 6.54. The van der Waals surface area contributed by atoms with Gasteiger partial charge in [0.1, 0.15) is 11.9 Å². The van der Waals surface area contributed by atoms with Gasteiger partial charge in [-0.2, -0.15) is 0 Å². The third-order valence-corrected chi connectivity index (χ3v) is 8.18. The summed E-state index contributed by atoms with van der Waals surface area (Å²) in [5, 5.41) is 13.7. The number of aromatic amines is 1. The number of pyridine rings is 1. The molecule has 1 aliphatic heterocycles. The molecule has 0 radical (unpaired) electrons. The number of nitrogens with one attached hydrogen (secondary N) is 1. The third kappa shape index (κ3) is 5.13. The molecule has 1 N–H and O–H groups in total. The fraction of sp³-hybridized carbons (Fsp3) is 0.448. The fourth-order valence-electron chi connectivity index (χ4n) is 6.13. The minimum Gasteiger partial charge on any atom is -0.322 e. The number of halogens is 1. The molecule has 2 aromatic carbocycles. The third-order valence-electron chi connectivity index (χ3n) is 8.18. The van der Waals surface area contributed by atoms with Crippen LogP contribution in [-0.4, -0.2) is 67.2 Å². The van der Waals surface area contributed by atoms with Crippen molar-refractivity contribution >= 4 is 10.9 Å². The summed E-state index contributed by atoms with van der Waals surface area (Å²) in [4.78, 5) is 21.6. The normalized spacial score (nSPS) is 18.7. The zero-order valence-electron chi connectivity index (χ0n) is 21.8. The minimum absolute atomic E-state index is 0.127. The van der Waals surface area contributed by atoms with Gasteiger partial charge in [0.05, 0.1) is 6.54 Å². The first-order valence-electron chi connectivity index (χ1n) is 13.7. The Bertz CT molecular complexity index is 1450. The molecular weight excluding hydrogens is 481 g/mol. The molecule has 1 aliphatic carbocycles. The minimum atomic E-state index is -0.396. The van der Waals surface area contributed by atoms with Crippen molar-refractivity contribution in [2.45, 2.75) is 57.7 Å². The SMILES string of the molecule is Cc1ccc2[nH]c(=O)c([C@H](c3nnnn3Cc3ccc(F)cc3)N3CCN(C4CCCCC4)CC3)cc2c1. The van der Waals surface area contributed by atoms with E-state index in [4.69, 9.17) is 0 Å². The van der Waals surface area contributed by atoms with E-state index >= 15 is 0 Å². The summed E-state index contributed by atoms with van der Waals surface area (Å²) in [5.41, 5.74) is 3.36. The lowest BCUT2D eigenvalue weighted by Gasteiger charge is -2.43. The van der Waals surface area contributed by atoms with Crippen LogP contribution in [-0.2, 0) is 6.54 Å². The number of tetrazole rings is 1. The summed E-state index contributed by atoms with van der Waals surface area (Å²) in [5.74, 6) is 0.343. The highest BCUT2D eigenvalue weighted by atomic mass is 19.1. The molecule has 1 saturated carbocycles. The molecule has 1 saturated heterocycles. The quantitative estimate of drug-likeness (QED) is 0.417. The first-order chi connectivity index (χ1) is 18.5. The Balaban J connectivity index is 1.36. The predicted molar refractivity (Wildman–Crippen MR) is 144 cm³/mol. The van der Waals surface area contributed by atoms with Crippen LogP contribution in [0.15, 0.2) is 53.3 Å². The smallest absolute Gasteiger partial charge is 0.253 e. The highest BCUT2D eigenvalue weighted by Gasteiger charge is 2.34. The molecule has 198 valence electrons. The standard InChI is InChI=1S/C29H34FN7O/c1-20-7-12-26-22(17-20)18-25(29(38)31-26)27(36-15-13-35(14-16-36)24-5-3-2-4-6-24)28-32-33-34-37(28)19-21-8-10-23(30)11-9-21/h7-12,17-18,24,27H,2-6,13-16,19H2,1H3,(H,31,38)/t27-/m1/s1. The molecule has 4 aromatic rings. The Morgan fingerprint density at radius 1 is 1.00 bits per heavy atom. The molecule has 2 fully saturated rings. The first-order valence-corrected chi connectivity index (χ1v) is 13.7. The number of hydrogen-bond acceptors (Lipinski definition) is 6. The Morgan fingerprint density at radius 2 is 1.76 bits per heavy atom. The number of aromatic nitrogens is 5. The largest absolute Gasteiger partial charge is 0.322 e. The molecule has 8 nitrogen and oxygen atoms in total. The molecule has 0 spiro atoms. The van der Waals surface area contributed by atoms with E-state index < -0.39 is 6.04 Å². The van der Waals surface area contributed by atoms with Crippen LogP contribution in [0.4, 0.5) is 4.39 Å². The molecule has 2 aliphatic rings. The van der Waals surface area contributed by atoms with Crippen molar-refractivity contribution in [3.05, 3.63) is 87.2 Å². The van der Waals surface area contributed by atoms with Gasteiger partial charge >= 0.3 is 0 Å². The Kier molecular flexibility index (Phi) is 7.04. The summed E-state index contributed by atoms with van der Waals surface area (Å²) < 4.78 is 15.2. The topological polar surface area (TPSA) is 82.9 Å². The van der Waals surface area contributed by atoms with Crippen LogP contribution in [0.2, 0.25) is 0 Å². The molecule has 1 atom stereocenters. The maximum atomic E-state index is 13.5. The van der Waals surface area contributed by atoms with Gasteiger partial charge in [0.15, 0.2) is 5.82 Å². The van der Waals surface area contributed by atoms with Gasteiger partial charge in [-0.15, -0.1) is 5.10 Å². The van der Waals surface area contributed by atoms with E-state index in [2.05, 4.69) is 43.3 Å². The van der Waals surface area contributed by atoms with Gasteiger partial charge in [0.2, 0.25) is 0 Å². The lowest BCUT2D eigenvalue weighted by molar-refractivity contribution is 0.0618. The van der Waals surface area contributed by atoms with Crippen molar-refractivity contribution in [1.29, 1.82) is 0 Å². The highest BCUT2D eigenvalue weighted by molar-refractivity contribution is 5.79. The van der Waals surface area contributed by atoms with Crippen molar-refractivity contribution in [1.82, 2.24) is 35.0 Å². The maximum Gasteiger partial charge on any atom is 0.253 e. The zero-order chi connectivity index (χ0) is 26.1. The Labute approximate surface area is 221 Å². The second-order valence-electron chi connectivity index (χ2n) is 10.7. The molecule has 0 amide bonds. The van der Waals surface area contributed by atoms with Crippen molar-refractivity contribution in [2.24, 2.45) is 0 Å². The van der Waals surface area contributed by atoms with Crippen LogP contribution in [0.5, 0.6) is 0 Å². The second-order valence-corrected chi connectivity index (χ2v) is 10.7. The average molecular weight is 516 g/mol. The monoisotopic (exact) mass is 515 g/mol. The van der Waals surface area contributed by atoms with Gasteiger partial charge in [0.25, 0.3) is 5.56 Å². The summed E-state index contributed by atoms with van der Waals surface area (Å²) in [7, 11) is 0. The molecule has 38 heavy (non-hydrogen) atoms. The summed E-state index contributed by atoms with van der Waals surface area (Å²) in [6.45, 7) is 6.03. The number of piperazine rings is 1. The molecule has 3 heterocycles. The molecule has 0 bridgehead atoms. The summed E-state index contributed by atoms with van der Waals surface area (Å²) >= 11 is 0. The number of benzene rings is 2. The van der Waals surface area contributed by atoms with E-state index in [1.165, 1.54) is 44.2 Å². The lowest BCUT2D eigenvalue weighted by Crippen LogP contribution is -2.52. The van der Waals surface area contributed by atoms with Gasteiger partial charge in [0, 0.05) is 43.3 Å². The average Bonchev–Trinajstić information content (AvgIpc) is 3.39. The number of fused-ring (bicyclic) bond motifs is 1. The van der Waals surface area contributed by atoms with E-state index in [0.29, 0.717) is 24.0 Å². The van der Waals surface area contributed by atoms with E-state index in [1.807, 2.05) is 18.2 Å². The van der Waals surface area contributed by atoms with Crippen LogP contribution in [0.3, 0.4) is 0 Å². The number of rotatable bonds is 6. The van der Waals surface area contributed by atoms with E-state index in [0.717, 1.165) is 48.2 Å². The van der Waals surface area contributed by atoms with Gasteiger partial charge in [-0.25, -0.2) is 9.07 Å². The highest BCUT2D eigenvalue weighted by Crippen LogP contribution is 2.30. The van der Waals surface area contributed by atoms with Gasteiger partial charge in [-0.05, 0) is 71.5 Å². The number of H-pyrrole nitrogens is 1. The van der Waals surface area contributed by atoms with Gasteiger partial charge in [-0.3, -0.25) is 14.6 Å². The zero-order valence-corrected chi connectivity index (χ0v) is 21.8. The molecular formula is C29H34FN7O. The van der Waals surface area contributed by atoms with Crippen molar-refractivity contribution in [2.75, 3.05) is 26.2 Å². The van der Waals surface area contributed by atoms with E-state index in [9.17, 15) is 9.18 Å². The summed E-state index contributed by atoms with van der Waals surface area (Å²) in [6, 6.07) is 14.7. The van der Waals surface area contributed by atoms with Crippen molar-refractivity contribution in [3.8, 4) is 0 Å². The van der Waals surface area contributed by atoms with Crippen molar-refractivity contribution in [3.63, 3.8) is 0 Å². The number of aryl methyl sites for hydroxylation is 1. The number of nitrogens with zero attached hydrogens (tertiary/aromatic N) is 6. The van der Waals surface area contributed by atoms with Crippen LogP contribution in [0.25, 0.3) is 10.9 Å². The van der Waals surface area contributed by atoms with Gasteiger partial charge in [-0.1, -0.05) is 43.0 Å². The molecule has 9 heteroatoms. The fourth-order valence-corrected chi connectivity index (χ4v) is 6.13. The molecule has 0 unspecified atom stereocenters.